The Morgan fingerprint density at radius 2 is 2.33 bits per heavy atom. The van der Waals surface area contributed by atoms with Crippen LogP contribution in [0.15, 0.2) is 22.7 Å². The third-order valence-corrected chi connectivity index (χ3v) is 4.52. The summed E-state index contributed by atoms with van der Waals surface area (Å²) in [7, 11) is 1.55. The second-order valence-electron chi connectivity index (χ2n) is 6.30. The molecule has 1 aromatic carbocycles. The molecule has 0 aliphatic carbocycles. The van der Waals surface area contributed by atoms with Crippen molar-refractivity contribution in [3.63, 3.8) is 0 Å². The number of benzene rings is 1. The molecule has 1 aliphatic heterocycles. The fourth-order valence-corrected chi connectivity index (χ4v) is 3.15. The Morgan fingerprint density at radius 3 is 3.15 bits per heavy atom. The van der Waals surface area contributed by atoms with Gasteiger partial charge in [-0.15, -0.1) is 0 Å². The summed E-state index contributed by atoms with van der Waals surface area (Å²) >= 11 is 5.89. The number of nitrogens with zero attached hydrogens (tertiary/aromatic N) is 3. The van der Waals surface area contributed by atoms with Gasteiger partial charge in [-0.1, -0.05) is 16.8 Å². The van der Waals surface area contributed by atoms with E-state index in [1.54, 1.807) is 12.0 Å². The third-order valence-electron chi connectivity index (χ3n) is 4.28. The zero-order valence-electron chi connectivity index (χ0n) is 15.0. The number of amides is 1. The number of hydrogen-bond acceptors (Lipinski definition) is 6. The first-order valence-electron chi connectivity index (χ1n) is 8.73. The zero-order valence-corrected chi connectivity index (χ0v) is 15.7. The van der Waals surface area contributed by atoms with Crippen LogP contribution in [-0.2, 0) is 22.5 Å². The largest absolute Gasteiger partial charge is 0.376 e. The Hall–Kier alpha value is -2.03. The van der Waals surface area contributed by atoms with Crippen LogP contribution in [0.4, 0.5) is 4.39 Å². The molecule has 27 heavy (non-hydrogen) atoms. The average molecular weight is 398 g/mol. The lowest BCUT2D eigenvalue weighted by Gasteiger charge is -2.32. The number of ether oxygens (including phenoxy) is 2. The van der Waals surface area contributed by atoms with Crippen LogP contribution in [0.3, 0.4) is 0 Å². The molecule has 1 fully saturated rings. The molecule has 1 amide bonds. The van der Waals surface area contributed by atoms with Crippen molar-refractivity contribution in [1.82, 2.24) is 15.0 Å². The molecule has 0 N–H and O–H groups in total. The summed E-state index contributed by atoms with van der Waals surface area (Å²) in [4.78, 5) is 18.4. The molecule has 2 heterocycles. The Balaban J connectivity index is 1.51. The average Bonchev–Trinajstić information content (AvgIpc) is 3.11. The van der Waals surface area contributed by atoms with Crippen molar-refractivity contribution in [3.8, 4) is 0 Å². The molecule has 1 saturated heterocycles. The number of carbonyl (C=O) groups excluding carboxylic acids is 1. The second-order valence-corrected chi connectivity index (χ2v) is 6.73. The first-order chi connectivity index (χ1) is 13.1. The minimum Gasteiger partial charge on any atom is -0.376 e. The van der Waals surface area contributed by atoms with E-state index in [-0.39, 0.29) is 24.2 Å². The van der Waals surface area contributed by atoms with Crippen molar-refractivity contribution in [2.75, 3.05) is 26.8 Å². The van der Waals surface area contributed by atoms with E-state index in [0.29, 0.717) is 42.9 Å². The van der Waals surface area contributed by atoms with Crippen LogP contribution in [0.25, 0.3) is 0 Å². The van der Waals surface area contributed by atoms with E-state index >= 15 is 0 Å². The lowest BCUT2D eigenvalue weighted by Crippen LogP contribution is -2.43. The van der Waals surface area contributed by atoms with Gasteiger partial charge in [0.05, 0.1) is 18.3 Å². The molecule has 1 atom stereocenters. The third kappa shape index (κ3) is 5.24. The lowest BCUT2D eigenvalue weighted by molar-refractivity contribution is 0.00236. The summed E-state index contributed by atoms with van der Waals surface area (Å²) in [5, 5.41) is 4.18. The van der Waals surface area contributed by atoms with Gasteiger partial charge in [-0.3, -0.25) is 4.79 Å². The molecule has 146 valence electrons. The summed E-state index contributed by atoms with van der Waals surface area (Å²) in [6.07, 6.45) is 2.01. The van der Waals surface area contributed by atoms with Gasteiger partial charge in [-0.25, -0.2) is 4.39 Å². The molecule has 1 unspecified atom stereocenters. The first kappa shape index (κ1) is 19.7. The Labute approximate surface area is 161 Å². The van der Waals surface area contributed by atoms with Crippen molar-refractivity contribution in [3.05, 3.63) is 46.3 Å². The summed E-state index contributed by atoms with van der Waals surface area (Å²) in [6, 6.07) is 3.99. The highest BCUT2D eigenvalue weighted by molar-refractivity contribution is 6.31. The van der Waals surface area contributed by atoms with Crippen LogP contribution in [-0.4, -0.2) is 53.9 Å². The lowest BCUT2D eigenvalue weighted by atomic mass is 10.1. The van der Waals surface area contributed by atoms with Crippen LogP contribution in [0.5, 0.6) is 0 Å². The Kier molecular flexibility index (Phi) is 6.76. The van der Waals surface area contributed by atoms with E-state index in [1.165, 1.54) is 18.2 Å². The van der Waals surface area contributed by atoms with Crippen LogP contribution in [0.2, 0.25) is 5.02 Å². The molecule has 0 saturated carbocycles. The highest BCUT2D eigenvalue weighted by Crippen LogP contribution is 2.20. The number of halogens is 2. The number of piperidine rings is 1. The smallest absolute Gasteiger partial charge is 0.256 e. The minimum absolute atomic E-state index is 0.0133. The zero-order chi connectivity index (χ0) is 19.2. The number of likely N-dealkylation sites (tertiary alicyclic amines) is 1. The molecular weight excluding hydrogens is 377 g/mol. The summed E-state index contributed by atoms with van der Waals surface area (Å²) in [5.74, 6) is 0.0272. The van der Waals surface area contributed by atoms with Crippen LogP contribution in [0.1, 0.15) is 34.9 Å². The standard InChI is InChI=1S/C18H21ClFN3O4/c1-25-11-17-21-16(22-27-17)6-8-26-13-3-2-7-23(10-13)18(24)14-9-12(19)4-5-15(14)20/h4-5,9,13H,2-3,6-8,10-11H2,1H3. The Bertz CT molecular complexity index is 786. The highest BCUT2D eigenvalue weighted by atomic mass is 35.5. The minimum atomic E-state index is -0.573. The molecule has 9 heteroatoms. The topological polar surface area (TPSA) is 77.7 Å². The van der Waals surface area contributed by atoms with Gasteiger partial charge in [0.25, 0.3) is 11.8 Å². The van der Waals surface area contributed by atoms with E-state index in [1.807, 2.05) is 0 Å². The van der Waals surface area contributed by atoms with Gasteiger partial charge in [-0.05, 0) is 31.0 Å². The molecule has 3 rings (SSSR count). The van der Waals surface area contributed by atoms with E-state index in [4.69, 9.17) is 25.6 Å². The number of rotatable bonds is 7. The van der Waals surface area contributed by atoms with Crippen LogP contribution < -0.4 is 0 Å². The van der Waals surface area contributed by atoms with Gasteiger partial charge < -0.3 is 18.9 Å². The molecule has 2 aromatic rings. The molecule has 0 spiro atoms. The van der Waals surface area contributed by atoms with Gasteiger partial charge in [0, 0.05) is 31.6 Å². The van der Waals surface area contributed by atoms with Crippen molar-refractivity contribution in [2.45, 2.75) is 32.0 Å². The summed E-state index contributed by atoms with van der Waals surface area (Å²) < 4.78 is 29.8. The molecule has 0 radical (unpaired) electrons. The van der Waals surface area contributed by atoms with Gasteiger partial charge in [0.2, 0.25) is 0 Å². The second kappa shape index (κ2) is 9.25. The van der Waals surface area contributed by atoms with Crippen molar-refractivity contribution in [2.24, 2.45) is 0 Å². The maximum atomic E-state index is 14.0. The van der Waals surface area contributed by atoms with Gasteiger partial charge in [-0.2, -0.15) is 4.98 Å². The van der Waals surface area contributed by atoms with Crippen molar-refractivity contribution in [1.29, 1.82) is 0 Å². The first-order valence-corrected chi connectivity index (χ1v) is 9.11. The molecule has 7 nitrogen and oxygen atoms in total. The van der Waals surface area contributed by atoms with E-state index < -0.39 is 5.82 Å². The van der Waals surface area contributed by atoms with E-state index in [0.717, 1.165) is 12.8 Å². The number of hydrogen-bond donors (Lipinski definition) is 0. The molecular formula is C18H21ClFN3O4. The predicted molar refractivity (Wildman–Crippen MR) is 95.0 cm³/mol. The fourth-order valence-electron chi connectivity index (χ4n) is 2.98. The Morgan fingerprint density at radius 1 is 1.48 bits per heavy atom. The molecule has 1 aromatic heterocycles. The highest BCUT2D eigenvalue weighted by Gasteiger charge is 2.26. The van der Waals surface area contributed by atoms with Gasteiger partial charge >= 0.3 is 0 Å². The number of aromatic nitrogens is 2. The fraction of sp³-hybridized carbons (Fsp3) is 0.500. The number of methoxy groups -OCH3 is 1. The van der Waals surface area contributed by atoms with Crippen molar-refractivity contribution >= 4 is 17.5 Å². The predicted octanol–water partition coefficient (Wildman–Crippen LogP) is 2.87. The van der Waals surface area contributed by atoms with E-state index in [9.17, 15) is 9.18 Å². The number of carbonyl (C=O) groups is 1. The van der Waals surface area contributed by atoms with Gasteiger partial charge in [0.15, 0.2) is 5.82 Å². The monoisotopic (exact) mass is 397 g/mol. The van der Waals surface area contributed by atoms with Crippen LogP contribution in [0, 0.1) is 5.82 Å². The quantitative estimate of drug-likeness (QED) is 0.715. The maximum absolute atomic E-state index is 14.0. The van der Waals surface area contributed by atoms with E-state index in [2.05, 4.69) is 10.1 Å². The molecule has 0 bridgehead atoms. The summed E-state index contributed by atoms with van der Waals surface area (Å²) in [5.41, 5.74) is -0.0133. The SMILES string of the molecule is COCc1nc(CCOC2CCCN(C(=O)c3cc(Cl)ccc3F)C2)no1. The summed E-state index contributed by atoms with van der Waals surface area (Å²) in [6.45, 7) is 1.65. The van der Waals surface area contributed by atoms with Crippen LogP contribution >= 0.6 is 11.6 Å². The van der Waals surface area contributed by atoms with Crippen molar-refractivity contribution < 1.29 is 23.2 Å². The maximum Gasteiger partial charge on any atom is 0.256 e. The molecule has 1 aliphatic rings. The normalized spacial score (nSPS) is 17.3. The van der Waals surface area contributed by atoms with Gasteiger partial charge in [0.1, 0.15) is 12.4 Å².